The van der Waals surface area contributed by atoms with Crippen LogP contribution < -0.4 is 0 Å². The predicted octanol–water partition coefficient (Wildman–Crippen LogP) is 2.07. The summed E-state index contributed by atoms with van der Waals surface area (Å²) >= 11 is 0. The van der Waals surface area contributed by atoms with Crippen LogP contribution >= 0.6 is 0 Å². The van der Waals surface area contributed by atoms with E-state index in [0.717, 1.165) is 12.0 Å². The number of pyridine rings is 2. The Morgan fingerprint density at radius 3 is 2.13 bits per heavy atom. The van der Waals surface area contributed by atoms with Crippen molar-refractivity contribution >= 4 is 0 Å². The molecule has 0 fully saturated rings. The maximum atomic E-state index is 3.96. The smallest absolute Gasteiger partial charge is 0.0345 e. The third-order valence-electron chi connectivity index (χ3n) is 1.95. The van der Waals surface area contributed by atoms with Crippen LogP contribution in [-0.2, 0) is 6.42 Å². The van der Waals surface area contributed by atoms with Gasteiger partial charge >= 0.3 is 0 Å². The van der Waals surface area contributed by atoms with E-state index in [0.29, 0.717) is 0 Å². The lowest BCUT2D eigenvalue weighted by molar-refractivity contribution is 1.23. The largest absolute Gasteiger partial charge is 0.265 e. The van der Waals surface area contributed by atoms with E-state index in [-0.39, 0.29) is 0 Å². The van der Waals surface area contributed by atoms with Crippen LogP contribution in [0.5, 0.6) is 0 Å². The topological polar surface area (TPSA) is 25.8 Å². The van der Waals surface area contributed by atoms with Gasteiger partial charge < -0.3 is 0 Å². The molecule has 15 heavy (non-hydrogen) atoms. The van der Waals surface area contributed by atoms with E-state index in [4.69, 9.17) is 0 Å². The van der Waals surface area contributed by atoms with Crippen LogP contribution in [0.25, 0.3) is 0 Å². The molecule has 0 unspecified atom stereocenters. The summed E-state index contributed by atoms with van der Waals surface area (Å²) in [6.45, 7) is 0. The van der Waals surface area contributed by atoms with Gasteiger partial charge in [0.15, 0.2) is 0 Å². The van der Waals surface area contributed by atoms with Crippen LogP contribution in [0.3, 0.4) is 0 Å². The normalized spacial score (nSPS) is 9.07. The molecule has 0 saturated heterocycles. The van der Waals surface area contributed by atoms with E-state index in [2.05, 4.69) is 21.8 Å². The summed E-state index contributed by atoms with van der Waals surface area (Å²) < 4.78 is 0. The summed E-state index contributed by atoms with van der Waals surface area (Å²) in [5, 5.41) is 0. The minimum Gasteiger partial charge on any atom is -0.265 e. The summed E-state index contributed by atoms with van der Waals surface area (Å²) in [6, 6.07) is 7.75. The molecule has 0 aromatic carbocycles. The van der Waals surface area contributed by atoms with Gasteiger partial charge in [0, 0.05) is 36.8 Å². The monoisotopic (exact) mass is 194 g/mol. The quantitative estimate of drug-likeness (QED) is 0.649. The van der Waals surface area contributed by atoms with Crippen LogP contribution in [-0.4, -0.2) is 9.97 Å². The van der Waals surface area contributed by atoms with Crippen LogP contribution in [0, 0.1) is 11.8 Å². The Hall–Kier alpha value is -2.14. The number of hydrogen-bond donors (Lipinski definition) is 0. The predicted molar refractivity (Wildman–Crippen MR) is 59.1 cm³/mol. The van der Waals surface area contributed by atoms with E-state index >= 15 is 0 Å². The fraction of sp³-hybridized carbons (Fsp3) is 0.0769. The third-order valence-corrected chi connectivity index (χ3v) is 1.95. The van der Waals surface area contributed by atoms with E-state index in [1.165, 1.54) is 5.56 Å². The second-order valence-electron chi connectivity index (χ2n) is 3.07. The molecule has 2 aromatic heterocycles. The minimum atomic E-state index is 0.755. The zero-order valence-corrected chi connectivity index (χ0v) is 8.22. The zero-order valence-electron chi connectivity index (χ0n) is 8.22. The van der Waals surface area contributed by atoms with Gasteiger partial charge in [-0.25, -0.2) is 0 Å². The van der Waals surface area contributed by atoms with E-state index < -0.39 is 0 Å². The van der Waals surface area contributed by atoms with Crippen molar-refractivity contribution in [2.75, 3.05) is 0 Å². The molecule has 72 valence electrons. The van der Waals surface area contributed by atoms with Crippen LogP contribution in [0.4, 0.5) is 0 Å². The lowest BCUT2D eigenvalue weighted by atomic mass is 10.2. The maximum absolute atomic E-state index is 3.96. The zero-order chi connectivity index (χ0) is 10.3. The van der Waals surface area contributed by atoms with E-state index in [9.17, 15) is 0 Å². The molecular weight excluding hydrogens is 184 g/mol. The molecule has 2 rings (SSSR count). The number of hydrogen-bond acceptors (Lipinski definition) is 2. The number of rotatable bonds is 1. The first kappa shape index (κ1) is 9.42. The van der Waals surface area contributed by atoms with E-state index in [1.54, 1.807) is 24.8 Å². The SMILES string of the molecule is C(#Cc1ccncc1)Cc1ccncc1. The third kappa shape index (κ3) is 2.92. The second-order valence-corrected chi connectivity index (χ2v) is 3.07. The van der Waals surface area contributed by atoms with Gasteiger partial charge in [-0.15, -0.1) is 0 Å². The highest BCUT2D eigenvalue weighted by Gasteiger charge is 1.86. The minimum absolute atomic E-state index is 0.755. The standard InChI is InChI=1S/C13H10N2/c1(2-12-4-8-14-9-5-12)3-13-6-10-15-11-7-13/h4-11H,2H2. The van der Waals surface area contributed by atoms with Crippen LogP contribution in [0.15, 0.2) is 49.1 Å². The fourth-order valence-corrected chi connectivity index (χ4v) is 1.18. The Morgan fingerprint density at radius 2 is 1.47 bits per heavy atom. The van der Waals surface area contributed by atoms with Gasteiger partial charge in [0.1, 0.15) is 0 Å². The Labute approximate surface area is 89.0 Å². The van der Waals surface area contributed by atoms with Gasteiger partial charge in [0.05, 0.1) is 0 Å². The Bertz CT molecular complexity index is 466. The summed E-state index contributed by atoms with van der Waals surface area (Å²) in [4.78, 5) is 7.89. The first-order chi connectivity index (χ1) is 7.45. The molecule has 0 aliphatic carbocycles. The Morgan fingerprint density at radius 1 is 0.867 bits per heavy atom. The van der Waals surface area contributed by atoms with Crippen molar-refractivity contribution in [3.8, 4) is 11.8 Å². The average molecular weight is 194 g/mol. The number of aromatic nitrogens is 2. The molecule has 0 bridgehead atoms. The molecule has 0 aliphatic rings. The van der Waals surface area contributed by atoms with Crippen molar-refractivity contribution in [1.82, 2.24) is 9.97 Å². The van der Waals surface area contributed by atoms with E-state index in [1.807, 2.05) is 24.3 Å². The average Bonchev–Trinajstić information content (AvgIpc) is 2.32. The van der Waals surface area contributed by atoms with Gasteiger partial charge in [0.25, 0.3) is 0 Å². The molecule has 0 amide bonds. The lowest BCUT2D eigenvalue weighted by Gasteiger charge is -1.91. The lowest BCUT2D eigenvalue weighted by Crippen LogP contribution is -1.81. The summed E-state index contributed by atoms with van der Waals surface area (Å²) in [5.41, 5.74) is 2.19. The van der Waals surface area contributed by atoms with Crippen molar-refractivity contribution in [3.63, 3.8) is 0 Å². The molecule has 0 saturated carbocycles. The molecule has 0 radical (unpaired) electrons. The van der Waals surface area contributed by atoms with Crippen molar-refractivity contribution in [1.29, 1.82) is 0 Å². The molecule has 2 heteroatoms. The molecule has 2 nitrogen and oxygen atoms in total. The highest BCUT2D eigenvalue weighted by atomic mass is 14.6. The summed E-state index contributed by atoms with van der Waals surface area (Å²) in [6.07, 6.45) is 7.81. The second kappa shape index (κ2) is 4.92. The van der Waals surface area contributed by atoms with Gasteiger partial charge in [-0.1, -0.05) is 11.8 Å². The molecule has 0 aliphatic heterocycles. The summed E-state index contributed by atoms with van der Waals surface area (Å²) in [7, 11) is 0. The Kier molecular flexibility index (Phi) is 3.09. The molecule has 2 heterocycles. The van der Waals surface area contributed by atoms with Crippen LogP contribution in [0.2, 0.25) is 0 Å². The highest BCUT2D eigenvalue weighted by Crippen LogP contribution is 1.97. The molecular formula is C13H10N2. The molecule has 2 aromatic rings. The fourth-order valence-electron chi connectivity index (χ4n) is 1.18. The Balaban J connectivity index is 2.03. The molecule has 0 N–H and O–H groups in total. The number of nitrogens with zero attached hydrogens (tertiary/aromatic N) is 2. The van der Waals surface area contributed by atoms with Gasteiger partial charge in [-0.3, -0.25) is 9.97 Å². The van der Waals surface area contributed by atoms with Crippen molar-refractivity contribution < 1.29 is 0 Å². The highest BCUT2D eigenvalue weighted by molar-refractivity contribution is 5.33. The van der Waals surface area contributed by atoms with Gasteiger partial charge in [-0.2, -0.15) is 0 Å². The van der Waals surface area contributed by atoms with Crippen molar-refractivity contribution in [2.45, 2.75) is 6.42 Å². The molecule has 0 spiro atoms. The van der Waals surface area contributed by atoms with Gasteiger partial charge in [0.2, 0.25) is 0 Å². The maximum Gasteiger partial charge on any atom is 0.0345 e. The first-order valence-corrected chi connectivity index (χ1v) is 4.73. The van der Waals surface area contributed by atoms with Crippen molar-refractivity contribution in [3.05, 3.63) is 60.2 Å². The summed E-state index contributed by atoms with van der Waals surface area (Å²) in [5.74, 6) is 6.20. The van der Waals surface area contributed by atoms with Crippen LogP contribution in [0.1, 0.15) is 11.1 Å². The van der Waals surface area contributed by atoms with Gasteiger partial charge in [-0.05, 0) is 29.8 Å². The molecule has 0 atom stereocenters. The van der Waals surface area contributed by atoms with Crippen molar-refractivity contribution in [2.24, 2.45) is 0 Å². The first-order valence-electron chi connectivity index (χ1n) is 4.73.